The number of rotatable bonds is 3. The van der Waals surface area contributed by atoms with E-state index in [4.69, 9.17) is 6.42 Å². The van der Waals surface area contributed by atoms with Gasteiger partial charge in [-0.2, -0.15) is 0 Å². The van der Waals surface area contributed by atoms with Crippen molar-refractivity contribution in [2.24, 2.45) is 5.92 Å². The van der Waals surface area contributed by atoms with Gasteiger partial charge in [-0.25, -0.2) is 0 Å². The SMILES string of the molecule is C#CC(C=C)C=CC=C. The summed E-state index contributed by atoms with van der Waals surface area (Å²) in [6.07, 6.45) is 12.2. The van der Waals surface area contributed by atoms with Gasteiger partial charge in [-0.15, -0.1) is 13.0 Å². The van der Waals surface area contributed by atoms with Crippen molar-refractivity contribution in [3.63, 3.8) is 0 Å². The highest BCUT2D eigenvalue weighted by molar-refractivity contribution is 5.15. The smallest absolute Gasteiger partial charge is 0.0561 e. The molecule has 0 aliphatic carbocycles. The van der Waals surface area contributed by atoms with Crippen LogP contribution in [0.3, 0.4) is 0 Å². The minimum Gasteiger partial charge on any atom is -0.119 e. The topological polar surface area (TPSA) is 0 Å². The van der Waals surface area contributed by atoms with Gasteiger partial charge in [-0.1, -0.05) is 36.8 Å². The van der Waals surface area contributed by atoms with Gasteiger partial charge in [0.05, 0.1) is 5.92 Å². The van der Waals surface area contributed by atoms with Crippen molar-refractivity contribution >= 4 is 0 Å². The normalized spacial score (nSPS) is 12.3. The van der Waals surface area contributed by atoms with Crippen LogP contribution in [0, 0.1) is 18.3 Å². The van der Waals surface area contributed by atoms with E-state index in [1.165, 1.54) is 0 Å². The van der Waals surface area contributed by atoms with E-state index in [1.807, 2.05) is 12.2 Å². The molecule has 0 heterocycles. The van der Waals surface area contributed by atoms with Crippen LogP contribution in [0.1, 0.15) is 0 Å². The first-order valence-corrected chi connectivity index (χ1v) is 2.73. The Morgan fingerprint density at radius 2 is 2.11 bits per heavy atom. The second-order valence-electron chi connectivity index (χ2n) is 1.55. The minimum absolute atomic E-state index is 0.0444. The first kappa shape index (κ1) is 7.78. The Kier molecular flexibility index (Phi) is 4.26. The lowest BCUT2D eigenvalue weighted by molar-refractivity contribution is 1.13. The van der Waals surface area contributed by atoms with Gasteiger partial charge in [0.1, 0.15) is 0 Å². The number of hydrogen-bond acceptors (Lipinski definition) is 0. The maximum absolute atomic E-state index is 5.12. The molecule has 0 N–H and O–H groups in total. The Bertz CT molecular complexity index is 155. The summed E-state index contributed by atoms with van der Waals surface area (Å²) in [5, 5.41) is 0. The summed E-state index contributed by atoms with van der Waals surface area (Å²) in [5.41, 5.74) is 0. The summed E-state index contributed by atoms with van der Waals surface area (Å²) < 4.78 is 0. The van der Waals surface area contributed by atoms with Gasteiger partial charge in [-0.3, -0.25) is 0 Å². The van der Waals surface area contributed by atoms with Crippen LogP contribution in [-0.2, 0) is 0 Å². The molecular formula is C9H10. The summed E-state index contributed by atoms with van der Waals surface area (Å²) in [6, 6.07) is 0. The van der Waals surface area contributed by atoms with E-state index >= 15 is 0 Å². The molecule has 0 aliphatic heterocycles. The summed E-state index contributed by atoms with van der Waals surface area (Å²) >= 11 is 0. The van der Waals surface area contributed by atoms with Crippen molar-refractivity contribution < 1.29 is 0 Å². The first-order valence-electron chi connectivity index (χ1n) is 2.73. The van der Waals surface area contributed by atoms with Crippen LogP contribution in [0.2, 0.25) is 0 Å². The fourth-order valence-electron chi connectivity index (χ4n) is 0.400. The predicted molar refractivity (Wildman–Crippen MR) is 41.9 cm³/mol. The van der Waals surface area contributed by atoms with Crippen LogP contribution < -0.4 is 0 Å². The molecule has 0 amide bonds. The third-order valence-electron chi connectivity index (χ3n) is 0.901. The predicted octanol–water partition coefficient (Wildman–Crippen LogP) is 2.16. The van der Waals surface area contributed by atoms with Gasteiger partial charge in [-0.05, 0) is 0 Å². The molecule has 0 aromatic heterocycles. The molecule has 0 radical (unpaired) electrons. The quantitative estimate of drug-likeness (QED) is 0.302. The van der Waals surface area contributed by atoms with E-state index < -0.39 is 0 Å². The molecule has 0 spiro atoms. The molecule has 0 nitrogen and oxygen atoms in total. The minimum atomic E-state index is 0.0444. The second kappa shape index (κ2) is 4.93. The third kappa shape index (κ3) is 3.37. The van der Waals surface area contributed by atoms with Crippen molar-refractivity contribution in [2.45, 2.75) is 0 Å². The highest BCUT2D eigenvalue weighted by Crippen LogP contribution is 1.96. The molecule has 0 fully saturated rings. The highest BCUT2D eigenvalue weighted by atomic mass is 13.9. The van der Waals surface area contributed by atoms with E-state index in [0.717, 1.165) is 0 Å². The van der Waals surface area contributed by atoms with Crippen molar-refractivity contribution in [2.75, 3.05) is 0 Å². The van der Waals surface area contributed by atoms with Gasteiger partial charge in [0.15, 0.2) is 0 Å². The molecule has 0 aliphatic rings. The zero-order valence-corrected chi connectivity index (χ0v) is 5.38. The average molecular weight is 118 g/mol. The molecular weight excluding hydrogens is 108 g/mol. The lowest BCUT2D eigenvalue weighted by Crippen LogP contribution is -1.81. The summed E-state index contributed by atoms with van der Waals surface area (Å²) in [6.45, 7) is 7.07. The lowest BCUT2D eigenvalue weighted by atomic mass is 10.1. The van der Waals surface area contributed by atoms with E-state index in [9.17, 15) is 0 Å². The molecule has 0 saturated carbocycles. The van der Waals surface area contributed by atoms with Crippen LogP contribution >= 0.6 is 0 Å². The Hall–Kier alpha value is -1.22. The van der Waals surface area contributed by atoms with E-state index in [-0.39, 0.29) is 5.92 Å². The molecule has 0 aromatic carbocycles. The fraction of sp³-hybridized carbons (Fsp3) is 0.111. The number of hydrogen-bond donors (Lipinski definition) is 0. The largest absolute Gasteiger partial charge is 0.119 e. The van der Waals surface area contributed by atoms with Gasteiger partial charge in [0.2, 0.25) is 0 Å². The van der Waals surface area contributed by atoms with Crippen LogP contribution in [0.25, 0.3) is 0 Å². The second-order valence-corrected chi connectivity index (χ2v) is 1.55. The van der Waals surface area contributed by atoms with Crippen LogP contribution in [0.5, 0.6) is 0 Å². The molecule has 0 saturated heterocycles. The third-order valence-corrected chi connectivity index (χ3v) is 0.901. The lowest BCUT2D eigenvalue weighted by Gasteiger charge is -1.90. The van der Waals surface area contributed by atoms with Crippen LogP contribution in [0.15, 0.2) is 37.5 Å². The maximum atomic E-state index is 5.12. The highest BCUT2D eigenvalue weighted by Gasteiger charge is 1.86. The maximum Gasteiger partial charge on any atom is 0.0561 e. The van der Waals surface area contributed by atoms with Gasteiger partial charge >= 0.3 is 0 Å². The summed E-state index contributed by atoms with van der Waals surface area (Å²) in [7, 11) is 0. The molecule has 0 heteroatoms. The van der Waals surface area contributed by atoms with Crippen molar-refractivity contribution in [1.82, 2.24) is 0 Å². The Labute approximate surface area is 56.6 Å². The number of terminal acetylenes is 1. The van der Waals surface area contributed by atoms with Crippen LogP contribution in [-0.4, -0.2) is 0 Å². The molecule has 1 unspecified atom stereocenters. The number of allylic oxidation sites excluding steroid dienone is 4. The summed E-state index contributed by atoms with van der Waals surface area (Å²) in [4.78, 5) is 0. The summed E-state index contributed by atoms with van der Waals surface area (Å²) in [5.74, 6) is 2.58. The first-order chi connectivity index (χ1) is 4.35. The Balaban J connectivity index is 3.86. The van der Waals surface area contributed by atoms with Crippen molar-refractivity contribution in [3.8, 4) is 12.3 Å². The van der Waals surface area contributed by atoms with E-state index in [1.54, 1.807) is 12.2 Å². The molecule has 9 heavy (non-hydrogen) atoms. The Morgan fingerprint density at radius 1 is 1.44 bits per heavy atom. The van der Waals surface area contributed by atoms with Crippen LogP contribution in [0.4, 0.5) is 0 Å². The average Bonchev–Trinajstić information content (AvgIpc) is 1.91. The standard InChI is InChI=1S/C9H10/c1-4-7-8-9(5-2)6-3/h2,4,6-9H,1,3H2. The zero-order valence-electron chi connectivity index (χ0n) is 5.38. The van der Waals surface area contributed by atoms with Crippen molar-refractivity contribution in [1.29, 1.82) is 0 Å². The molecule has 1 atom stereocenters. The Morgan fingerprint density at radius 3 is 2.44 bits per heavy atom. The van der Waals surface area contributed by atoms with E-state index in [0.29, 0.717) is 0 Å². The van der Waals surface area contributed by atoms with Gasteiger partial charge in [0.25, 0.3) is 0 Å². The van der Waals surface area contributed by atoms with Gasteiger partial charge in [0, 0.05) is 0 Å². The zero-order chi connectivity index (χ0) is 7.11. The molecule has 46 valence electrons. The van der Waals surface area contributed by atoms with Crippen molar-refractivity contribution in [3.05, 3.63) is 37.5 Å². The molecule has 0 rings (SSSR count). The molecule has 0 aromatic rings. The molecule has 0 bridgehead atoms. The van der Waals surface area contributed by atoms with Gasteiger partial charge < -0.3 is 0 Å². The fourth-order valence-corrected chi connectivity index (χ4v) is 0.400. The monoisotopic (exact) mass is 118 g/mol. The van der Waals surface area contributed by atoms with E-state index in [2.05, 4.69) is 19.1 Å².